The number of benzene rings is 6. The molecule has 0 aliphatic heterocycles. The van der Waals surface area contributed by atoms with Gasteiger partial charge in [0.05, 0.1) is 6.61 Å². The van der Waals surface area contributed by atoms with Crippen molar-refractivity contribution in [3.8, 4) is 22.6 Å². The fourth-order valence-electron chi connectivity index (χ4n) is 5.81. The van der Waals surface area contributed by atoms with Crippen LogP contribution in [-0.2, 0) is 0 Å². The molecule has 0 aliphatic carbocycles. The summed E-state index contributed by atoms with van der Waals surface area (Å²) in [4.78, 5) is 2.27. The summed E-state index contributed by atoms with van der Waals surface area (Å²) in [5.41, 5.74) is 11.8. The fraction of sp³-hybridized carbons (Fsp3) is 0.130. The van der Waals surface area contributed by atoms with Crippen LogP contribution < -0.4 is 14.4 Å². The zero-order chi connectivity index (χ0) is 37.2. The van der Waals surface area contributed by atoms with Crippen LogP contribution >= 0.6 is 0 Å². The van der Waals surface area contributed by atoms with Gasteiger partial charge in [0.15, 0.2) is 5.76 Å². The van der Waals surface area contributed by atoms with Crippen LogP contribution in [-0.4, -0.2) is 46.4 Å². The van der Waals surface area contributed by atoms with Crippen LogP contribution in [0.25, 0.3) is 22.8 Å². The van der Waals surface area contributed by atoms with E-state index in [2.05, 4.69) is 122 Å². The topological polar surface area (TPSA) is 103 Å². The first-order valence-corrected chi connectivity index (χ1v) is 17.4. The standard InChI is InChI=1S/C46H43NO6/c1-32-3-17-39(18-4-32)47(40-19-5-33(2)6-20-40)41-21-11-36(12-22-41)35-9-7-34(8-10-35)27-46(37-13-23-44(24-14-37)52-30-42(50)28-48)38-15-25-45(26-16-38)53-31-43(51)29-49/h3-28,43,48-51H,29-31H2,1-2H3/b42-28+,46-27?. The van der Waals surface area contributed by atoms with Crippen LogP contribution in [0.2, 0.25) is 0 Å². The van der Waals surface area contributed by atoms with Gasteiger partial charge in [-0.05, 0) is 114 Å². The summed E-state index contributed by atoms with van der Waals surface area (Å²) in [7, 11) is 0. The molecule has 0 heterocycles. The molecule has 0 bridgehead atoms. The molecule has 6 aromatic rings. The lowest BCUT2D eigenvalue weighted by molar-refractivity contribution is 0.0536. The van der Waals surface area contributed by atoms with E-state index in [-0.39, 0.29) is 25.6 Å². The van der Waals surface area contributed by atoms with Crippen LogP contribution in [0.5, 0.6) is 11.5 Å². The van der Waals surface area contributed by atoms with E-state index >= 15 is 0 Å². The lowest BCUT2D eigenvalue weighted by Gasteiger charge is -2.26. The SMILES string of the molecule is Cc1ccc(N(c2ccc(C)cc2)c2ccc(-c3ccc(C=C(c4ccc(OC/C(O)=C\O)cc4)c4ccc(OCC(O)CO)cc4)cc3)cc2)cc1. The first-order valence-electron chi connectivity index (χ1n) is 17.4. The first-order chi connectivity index (χ1) is 25.8. The van der Waals surface area contributed by atoms with Crippen molar-refractivity contribution in [1.82, 2.24) is 0 Å². The Morgan fingerprint density at radius 3 is 1.49 bits per heavy atom. The Morgan fingerprint density at radius 1 is 0.604 bits per heavy atom. The molecule has 0 amide bonds. The van der Waals surface area contributed by atoms with Gasteiger partial charge in [0.2, 0.25) is 0 Å². The zero-order valence-electron chi connectivity index (χ0n) is 29.8. The molecule has 6 rings (SSSR count). The molecule has 7 heteroatoms. The molecule has 0 saturated heterocycles. The van der Waals surface area contributed by atoms with E-state index in [1.807, 2.05) is 48.5 Å². The van der Waals surface area contributed by atoms with E-state index < -0.39 is 6.10 Å². The molecule has 53 heavy (non-hydrogen) atoms. The van der Waals surface area contributed by atoms with Crippen LogP contribution in [0.1, 0.15) is 27.8 Å². The van der Waals surface area contributed by atoms with Crippen molar-refractivity contribution >= 4 is 28.7 Å². The summed E-state index contributed by atoms with van der Waals surface area (Å²) in [6.07, 6.45) is 1.78. The number of aryl methyl sites for hydroxylation is 2. The lowest BCUT2D eigenvalue weighted by atomic mass is 9.95. The molecule has 0 aliphatic rings. The minimum absolute atomic E-state index is 0.00610. The van der Waals surface area contributed by atoms with Crippen molar-refractivity contribution in [2.75, 3.05) is 24.7 Å². The maximum absolute atomic E-state index is 9.68. The number of aliphatic hydroxyl groups excluding tert-OH is 4. The first kappa shape index (κ1) is 36.5. The van der Waals surface area contributed by atoms with Crippen molar-refractivity contribution < 1.29 is 29.9 Å². The zero-order valence-corrected chi connectivity index (χ0v) is 29.8. The molecule has 0 fully saturated rings. The van der Waals surface area contributed by atoms with Crippen molar-refractivity contribution in [2.24, 2.45) is 0 Å². The second-order valence-corrected chi connectivity index (χ2v) is 12.8. The van der Waals surface area contributed by atoms with E-state index in [9.17, 15) is 10.2 Å². The van der Waals surface area contributed by atoms with E-state index in [4.69, 9.17) is 19.7 Å². The summed E-state index contributed by atoms with van der Waals surface area (Å²) in [6, 6.07) is 49.3. The fourth-order valence-corrected chi connectivity index (χ4v) is 5.81. The number of hydrogen-bond donors (Lipinski definition) is 4. The number of rotatable bonds is 14. The van der Waals surface area contributed by atoms with Gasteiger partial charge in [-0.3, -0.25) is 0 Å². The second kappa shape index (κ2) is 17.3. The molecule has 4 N–H and O–H groups in total. The third kappa shape index (κ3) is 9.54. The Hall–Kier alpha value is -6.28. The van der Waals surface area contributed by atoms with E-state index in [0.717, 1.165) is 50.5 Å². The summed E-state index contributed by atoms with van der Waals surface area (Å²) >= 11 is 0. The number of aliphatic hydroxyl groups is 4. The summed E-state index contributed by atoms with van der Waals surface area (Å²) in [6.45, 7) is 3.68. The second-order valence-electron chi connectivity index (χ2n) is 12.8. The molecule has 0 radical (unpaired) electrons. The Bertz CT molecular complexity index is 2080. The van der Waals surface area contributed by atoms with Crippen molar-refractivity contribution in [1.29, 1.82) is 0 Å². The third-order valence-corrected chi connectivity index (χ3v) is 8.78. The predicted molar refractivity (Wildman–Crippen MR) is 213 cm³/mol. The predicted octanol–water partition coefficient (Wildman–Crippen LogP) is 10.1. The van der Waals surface area contributed by atoms with Gasteiger partial charge < -0.3 is 34.8 Å². The van der Waals surface area contributed by atoms with Crippen molar-refractivity contribution in [2.45, 2.75) is 20.0 Å². The Labute approximate surface area is 310 Å². The van der Waals surface area contributed by atoms with Gasteiger partial charge in [-0.2, -0.15) is 0 Å². The molecule has 6 aromatic carbocycles. The molecule has 1 atom stereocenters. The summed E-state index contributed by atoms with van der Waals surface area (Å²) < 4.78 is 11.2. The Morgan fingerprint density at radius 2 is 1.04 bits per heavy atom. The molecule has 0 spiro atoms. The van der Waals surface area contributed by atoms with Gasteiger partial charge >= 0.3 is 0 Å². The summed E-state index contributed by atoms with van der Waals surface area (Å²) in [5, 5.41) is 37.3. The van der Waals surface area contributed by atoms with E-state index in [0.29, 0.717) is 17.8 Å². The smallest absolute Gasteiger partial charge is 0.164 e. The molecule has 0 aromatic heterocycles. The highest BCUT2D eigenvalue weighted by Gasteiger charge is 2.13. The highest BCUT2D eigenvalue weighted by molar-refractivity contribution is 5.92. The Balaban J connectivity index is 1.27. The molecule has 0 saturated carbocycles. The lowest BCUT2D eigenvalue weighted by Crippen LogP contribution is -2.21. The maximum Gasteiger partial charge on any atom is 0.164 e. The van der Waals surface area contributed by atoms with E-state index in [1.165, 1.54) is 11.1 Å². The third-order valence-electron chi connectivity index (χ3n) is 8.78. The van der Waals surface area contributed by atoms with Crippen molar-refractivity contribution in [3.63, 3.8) is 0 Å². The number of ether oxygens (including phenoxy) is 2. The van der Waals surface area contributed by atoms with Gasteiger partial charge in [-0.15, -0.1) is 0 Å². The van der Waals surface area contributed by atoms with Gasteiger partial charge in [0.25, 0.3) is 0 Å². The maximum atomic E-state index is 9.68. The number of hydrogen-bond acceptors (Lipinski definition) is 7. The van der Waals surface area contributed by atoms with Crippen LogP contribution in [0, 0.1) is 13.8 Å². The minimum Gasteiger partial charge on any atom is -0.512 e. The average Bonchev–Trinajstić information content (AvgIpc) is 3.20. The Kier molecular flexibility index (Phi) is 11.9. The molecular weight excluding hydrogens is 663 g/mol. The average molecular weight is 706 g/mol. The van der Waals surface area contributed by atoms with Crippen LogP contribution in [0.15, 0.2) is 158 Å². The molecular formula is C46H43NO6. The number of anilines is 3. The molecule has 1 unspecified atom stereocenters. The van der Waals surface area contributed by atoms with Crippen molar-refractivity contribution in [3.05, 3.63) is 185 Å². The van der Waals surface area contributed by atoms with Crippen LogP contribution in [0.4, 0.5) is 17.1 Å². The molecule has 7 nitrogen and oxygen atoms in total. The normalized spacial score (nSPS) is 12.3. The number of nitrogens with zero attached hydrogens (tertiary/aromatic N) is 1. The van der Waals surface area contributed by atoms with Crippen LogP contribution in [0.3, 0.4) is 0 Å². The van der Waals surface area contributed by atoms with Gasteiger partial charge in [0.1, 0.15) is 37.1 Å². The largest absolute Gasteiger partial charge is 0.512 e. The molecule has 268 valence electrons. The highest BCUT2D eigenvalue weighted by atomic mass is 16.5. The highest BCUT2D eigenvalue weighted by Crippen LogP contribution is 2.36. The van der Waals surface area contributed by atoms with Gasteiger partial charge in [-0.25, -0.2) is 0 Å². The summed E-state index contributed by atoms with van der Waals surface area (Å²) in [5.74, 6) is 0.857. The van der Waals surface area contributed by atoms with E-state index in [1.54, 1.807) is 0 Å². The minimum atomic E-state index is -0.950. The van der Waals surface area contributed by atoms with Gasteiger partial charge in [0, 0.05) is 17.1 Å². The van der Waals surface area contributed by atoms with Gasteiger partial charge in [-0.1, -0.05) is 96.1 Å². The monoisotopic (exact) mass is 705 g/mol. The quantitative estimate of drug-likeness (QED) is 0.0661.